The summed E-state index contributed by atoms with van der Waals surface area (Å²) in [5.74, 6) is -0.684. The number of benzene rings is 1. The molecule has 1 aromatic carbocycles. The molecule has 0 atom stereocenters. The molecule has 10 heteroatoms. The number of fused-ring (bicyclic) bond motifs is 1. The van der Waals surface area contributed by atoms with Crippen LogP contribution < -0.4 is 16.7 Å². The number of rotatable bonds is 3. The van der Waals surface area contributed by atoms with Gasteiger partial charge in [0.15, 0.2) is 0 Å². The Bertz CT molecular complexity index is 1100. The molecule has 29 heavy (non-hydrogen) atoms. The Labute approximate surface area is 164 Å². The van der Waals surface area contributed by atoms with Gasteiger partial charge in [-0.15, -0.1) is 0 Å². The first-order chi connectivity index (χ1) is 13.9. The van der Waals surface area contributed by atoms with Crippen molar-refractivity contribution in [2.75, 3.05) is 6.54 Å². The van der Waals surface area contributed by atoms with Gasteiger partial charge in [0.2, 0.25) is 11.8 Å². The maximum Gasteiger partial charge on any atom is 0.270 e. The zero-order valence-corrected chi connectivity index (χ0v) is 15.4. The summed E-state index contributed by atoms with van der Waals surface area (Å²) in [6, 6.07) is 6.41. The molecular formula is C19H18N6O4. The first-order valence-corrected chi connectivity index (χ1v) is 9.09. The van der Waals surface area contributed by atoms with Crippen molar-refractivity contribution >= 4 is 23.4 Å². The first-order valence-electron chi connectivity index (χ1n) is 9.09. The molecule has 0 unspecified atom stereocenters. The number of primary amides is 1. The highest BCUT2D eigenvalue weighted by Crippen LogP contribution is 2.20. The lowest BCUT2D eigenvalue weighted by atomic mass is 10.0. The van der Waals surface area contributed by atoms with E-state index in [0.717, 1.165) is 0 Å². The molecule has 0 bridgehead atoms. The second kappa shape index (κ2) is 7.30. The Morgan fingerprint density at radius 3 is 2.48 bits per heavy atom. The van der Waals surface area contributed by atoms with Crippen LogP contribution in [-0.4, -0.2) is 44.8 Å². The van der Waals surface area contributed by atoms with Gasteiger partial charge in [-0.05, 0) is 18.6 Å². The van der Waals surface area contributed by atoms with E-state index in [1.54, 1.807) is 29.2 Å². The van der Waals surface area contributed by atoms with Crippen LogP contribution >= 0.6 is 0 Å². The molecule has 3 amide bonds. The first kappa shape index (κ1) is 18.5. The molecular weight excluding hydrogens is 376 g/mol. The standard InChI is InChI=1S/C19H18N6O4/c20-16(27)10-1-3-11(4-2-10)17-21-14-9-25(8-7-12(14)18(28)22-17)19(29)13-5-6-15(26)24-23-13/h1-4H,5-9H2,(H2,20,27)(H,24,26)(H,21,22,28). The fourth-order valence-corrected chi connectivity index (χ4v) is 3.35. The number of amides is 3. The summed E-state index contributed by atoms with van der Waals surface area (Å²) >= 11 is 0. The second-order valence-electron chi connectivity index (χ2n) is 6.85. The van der Waals surface area contributed by atoms with Crippen LogP contribution in [0, 0.1) is 0 Å². The van der Waals surface area contributed by atoms with Crippen LogP contribution in [0.1, 0.15) is 34.5 Å². The van der Waals surface area contributed by atoms with Crippen LogP contribution in [0.4, 0.5) is 0 Å². The van der Waals surface area contributed by atoms with Crippen molar-refractivity contribution in [1.29, 1.82) is 0 Å². The fraction of sp³-hybridized carbons (Fsp3) is 0.263. The number of carbonyl (C=O) groups excluding carboxylic acids is 3. The van der Waals surface area contributed by atoms with Crippen LogP contribution in [0.15, 0.2) is 34.2 Å². The Morgan fingerprint density at radius 1 is 1.07 bits per heavy atom. The maximum atomic E-state index is 12.7. The predicted octanol–water partition coefficient (Wildman–Crippen LogP) is -0.313. The highest BCUT2D eigenvalue weighted by atomic mass is 16.2. The molecule has 0 radical (unpaired) electrons. The van der Waals surface area contributed by atoms with Gasteiger partial charge in [0.1, 0.15) is 11.5 Å². The minimum Gasteiger partial charge on any atom is -0.366 e. The van der Waals surface area contributed by atoms with Gasteiger partial charge in [-0.3, -0.25) is 19.2 Å². The van der Waals surface area contributed by atoms with Crippen molar-refractivity contribution in [3.05, 3.63) is 51.4 Å². The normalized spacial score (nSPS) is 15.9. The number of carbonyl (C=O) groups is 3. The summed E-state index contributed by atoms with van der Waals surface area (Å²) in [5.41, 5.74) is 9.65. The van der Waals surface area contributed by atoms with E-state index in [-0.39, 0.29) is 36.8 Å². The SMILES string of the molecule is NC(=O)c1ccc(-c2nc3c(c(=O)[nH]2)CCN(C(=O)C2=NNC(=O)CC2)C3)cc1. The Kier molecular flexibility index (Phi) is 4.67. The van der Waals surface area contributed by atoms with Crippen LogP contribution in [-0.2, 0) is 22.6 Å². The molecule has 1 aromatic heterocycles. The van der Waals surface area contributed by atoms with Gasteiger partial charge in [-0.25, -0.2) is 10.4 Å². The van der Waals surface area contributed by atoms with Gasteiger partial charge in [0.05, 0.1) is 12.2 Å². The number of nitrogens with one attached hydrogen (secondary N) is 2. The molecule has 0 fully saturated rings. The molecule has 0 spiro atoms. The smallest absolute Gasteiger partial charge is 0.270 e. The van der Waals surface area contributed by atoms with Crippen LogP contribution in [0.2, 0.25) is 0 Å². The largest absolute Gasteiger partial charge is 0.366 e. The van der Waals surface area contributed by atoms with E-state index in [2.05, 4.69) is 20.5 Å². The van der Waals surface area contributed by atoms with Gasteiger partial charge < -0.3 is 15.6 Å². The third kappa shape index (κ3) is 3.64. The molecule has 0 aliphatic carbocycles. The van der Waals surface area contributed by atoms with E-state index in [0.29, 0.717) is 46.9 Å². The van der Waals surface area contributed by atoms with Crippen LogP contribution in [0.25, 0.3) is 11.4 Å². The Balaban J connectivity index is 1.60. The quantitative estimate of drug-likeness (QED) is 0.652. The fourth-order valence-electron chi connectivity index (χ4n) is 3.35. The molecule has 10 nitrogen and oxygen atoms in total. The summed E-state index contributed by atoms with van der Waals surface area (Å²) in [6.07, 6.45) is 0.886. The van der Waals surface area contributed by atoms with E-state index in [9.17, 15) is 19.2 Å². The lowest BCUT2D eigenvalue weighted by Gasteiger charge is -2.28. The van der Waals surface area contributed by atoms with Gasteiger partial charge in [0, 0.05) is 36.1 Å². The molecule has 0 saturated carbocycles. The number of nitrogens with zero attached hydrogens (tertiary/aromatic N) is 3. The van der Waals surface area contributed by atoms with E-state index in [1.807, 2.05) is 0 Å². The molecule has 4 N–H and O–H groups in total. The van der Waals surface area contributed by atoms with E-state index in [1.165, 1.54) is 0 Å². The Morgan fingerprint density at radius 2 is 1.83 bits per heavy atom. The average molecular weight is 394 g/mol. The van der Waals surface area contributed by atoms with Crippen molar-refractivity contribution in [3.63, 3.8) is 0 Å². The van der Waals surface area contributed by atoms with Crippen molar-refractivity contribution in [1.82, 2.24) is 20.3 Å². The predicted molar refractivity (Wildman–Crippen MR) is 103 cm³/mol. The monoisotopic (exact) mass is 394 g/mol. The molecule has 2 aliphatic rings. The van der Waals surface area contributed by atoms with E-state index >= 15 is 0 Å². The van der Waals surface area contributed by atoms with Gasteiger partial charge in [-0.1, -0.05) is 12.1 Å². The molecule has 0 saturated heterocycles. The van der Waals surface area contributed by atoms with Gasteiger partial charge in [0.25, 0.3) is 11.5 Å². The molecule has 148 valence electrons. The van der Waals surface area contributed by atoms with Gasteiger partial charge >= 0.3 is 0 Å². The van der Waals surface area contributed by atoms with E-state index in [4.69, 9.17) is 5.73 Å². The topological polar surface area (TPSA) is 151 Å². The van der Waals surface area contributed by atoms with Gasteiger partial charge in [-0.2, -0.15) is 5.10 Å². The zero-order chi connectivity index (χ0) is 20.5. The summed E-state index contributed by atoms with van der Waals surface area (Å²) < 4.78 is 0. The number of hydrogen-bond donors (Lipinski definition) is 3. The lowest BCUT2D eigenvalue weighted by Crippen LogP contribution is -2.44. The zero-order valence-electron chi connectivity index (χ0n) is 15.4. The second-order valence-corrected chi connectivity index (χ2v) is 6.85. The van der Waals surface area contributed by atoms with Crippen molar-refractivity contribution in [2.24, 2.45) is 10.8 Å². The number of hydrogen-bond acceptors (Lipinski definition) is 6. The molecule has 2 aliphatic heterocycles. The Hall–Kier alpha value is -3.82. The van der Waals surface area contributed by atoms with Crippen molar-refractivity contribution in [2.45, 2.75) is 25.8 Å². The number of nitrogens with two attached hydrogens (primary N) is 1. The number of aromatic nitrogens is 2. The van der Waals surface area contributed by atoms with Crippen LogP contribution in [0.5, 0.6) is 0 Å². The van der Waals surface area contributed by atoms with E-state index < -0.39 is 5.91 Å². The summed E-state index contributed by atoms with van der Waals surface area (Å²) in [6.45, 7) is 0.549. The molecule has 3 heterocycles. The summed E-state index contributed by atoms with van der Waals surface area (Å²) in [4.78, 5) is 56.5. The highest BCUT2D eigenvalue weighted by Gasteiger charge is 2.28. The summed E-state index contributed by atoms with van der Waals surface area (Å²) in [7, 11) is 0. The van der Waals surface area contributed by atoms with Crippen molar-refractivity contribution < 1.29 is 14.4 Å². The maximum absolute atomic E-state index is 12.7. The third-order valence-electron chi connectivity index (χ3n) is 4.95. The molecule has 2 aromatic rings. The van der Waals surface area contributed by atoms with Crippen molar-refractivity contribution in [3.8, 4) is 11.4 Å². The minimum atomic E-state index is -0.542. The lowest BCUT2D eigenvalue weighted by molar-refractivity contribution is -0.125. The minimum absolute atomic E-state index is 0.178. The number of H-pyrrole nitrogens is 1. The average Bonchev–Trinajstić information content (AvgIpc) is 2.73. The van der Waals surface area contributed by atoms with Crippen LogP contribution in [0.3, 0.4) is 0 Å². The number of hydrazone groups is 1. The third-order valence-corrected chi connectivity index (χ3v) is 4.95. The molecule has 4 rings (SSSR count). The summed E-state index contributed by atoms with van der Waals surface area (Å²) in [5, 5.41) is 3.85. The number of aromatic amines is 1. The highest BCUT2D eigenvalue weighted by molar-refractivity contribution is 6.39.